The Bertz CT molecular complexity index is 1140. The highest BCUT2D eigenvalue weighted by Crippen LogP contribution is 2.25. The molecule has 0 unspecified atom stereocenters. The predicted molar refractivity (Wildman–Crippen MR) is 145 cm³/mol. The molecule has 1 N–H and O–H groups in total. The molecule has 0 heterocycles. The van der Waals surface area contributed by atoms with Crippen molar-refractivity contribution < 1.29 is 18.0 Å². The fourth-order valence-electron chi connectivity index (χ4n) is 3.65. The number of amides is 2. The fraction of sp³-hybridized carbons (Fsp3) is 0.462. The lowest BCUT2D eigenvalue weighted by Gasteiger charge is -2.33. The van der Waals surface area contributed by atoms with Crippen LogP contribution >= 0.6 is 15.9 Å². The zero-order valence-electron chi connectivity index (χ0n) is 21.3. The molecule has 2 aromatic rings. The van der Waals surface area contributed by atoms with Crippen molar-refractivity contribution in [3.05, 3.63) is 63.6 Å². The Kier molecular flexibility index (Phi) is 10.3. The van der Waals surface area contributed by atoms with E-state index in [1.807, 2.05) is 58.9 Å². The van der Waals surface area contributed by atoms with E-state index in [-0.39, 0.29) is 18.5 Å². The van der Waals surface area contributed by atoms with Gasteiger partial charge in [-0.05, 0) is 62.9 Å². The standard InChI is InChI=1S/C26H36BrN3O4S/c1-7-20(5)28-26(32)24(8-2)29(16-21-11-9-18(3)10-12-21)25(31)17-30(35(6,33)34)22-13-14-23(27)19(4)15-22/h9-15,20,24H,7-8,16-17H2,1-6H3,(H,28,32)/t20-,24+/m1/s1. The van der Waals surface area contributed by atoms with E-state index in [2.05, 4.69) is 21.2 Å². The number of hydrogen-bond acceptors (Lipinski definition) is 4. The smallest absolute Gasteiger partial charge is 0.244 e. The zero-order valence-corrected chi connectivity index (χ0v) is 23.7. The molecule has 0 spiro atoms. The highest BCUT2D eigenvalue weighted by Gasteiger charge is 2.32. The number of anilines is 1. The number of carbonyl (C=O) groups excluding carboxylic acids is 2. The van der Waals surface area contributed by atoms with E-state index in [4.69, 9.17) is 0 Å². The Morgan fingerprint density at radius 3 is 2.17 bits per heavy atom. The molecule has 2 amide bonds. The summed E-state index contributed by atoms with van der Waals surface area (Å²) in [6, 6.07) is 12.1. The molecule has 0 aromatic heterocycles. The second-order valence-corrected chi connectivity index (χ2v) is 11.7. The number of rotatable bonds is 11. The summed E-state index contributed by atoms with van der Waals surface area (Å²) in [5.74, 6) is -0.685. The Hall–Kier alpha value is -2.39. The number of aryl methyl sites for hydroxylation is 2. The minimum absolute atomic E-state index is 0.0360. The summed E-state index contributed by atoms with van der Waals surface area (Å²) in [5.41, 5.74) is 3.19. The van der Waals surface area contributed by atoms with Gasteiger partial charge in [-0.3, -0.25) is 13.9 Å². The maximum atomic E-state index is 13.7. The molecule has 0 saturated heterocycles. The summed E-state index contributed by atoms with van der Waals surface area (Å²) < 4.78 is 27.3. The van der Waals surface area contributed by atoms with Crippen LogP contribution in [0.5, 0.6) is 0 Å². The van der Waals surface area contributed by atoms with Gasteiger partial charge in [-0.15, -0.1) is 0 Å². The highest BCUT2D eigenvalue weighted by molar-refractivity contribution is 9.10. The molecule has 0 fully saturated rings. The van der Waals surface area contributed by atoms with Gasteiger partial charge in [0.25, 0.3) is 0 Å². The number of nitrogens with one attached hydrogen (secondary N) is 1. The van der Waals surface area contributed by atoms with Crippen LogP contribution < -0.4 is 9.62 Å². The Labute approximate surface area is 218 Å². The molecule has 7 nitrogen and oxygen atoms in total. The van der Waals surface area contributed by atoms with Gasteiger partial charge in [0, 0.05) is 17.1 Å². The van der Waals surface area contributed by atoms with E-state index in [0.717, 1.165) is 38.1 Å². The number of nitrogens with zero attached hydrogens (tertiary/aromatic N) is 2. The summed E-state index contributed by atoms with van der Waals surface area (Å²) >= 11 is 3.43. The molecular formula is C26H36BrN3O4S. The topological polar surface area (TPSA) is 86.8 Å². The van der Waals surface area contributed by atoms with E-state index < -0.39 is 28.5 Å². The maximum Gasteiger partial charge on any atom is 0.244 e. The van der Waals surface area contributed by atoms with Crippen LogP contribution in [0, 0.1) is 13.8 Å². The molecule has 2 aromatic carbocycles. The first kappa shape index (κ1) is 28.8. The third kappa shape index (κ3) is 8.07. The molecule has 0 aliphatic carbocycles. The molecule has 0 radical (unpaired) electrons. The van der Waals surface area contributed by atoms with Gasteiger partial charge >= 0.3 is 0 Å². The van der Waals surface area contributed by atoms with E-state index in [0.29, 0.717) is 12.1 Å². The first-order chi connectivity index (χ1) is 16.4. The quantitative estimate of drug-likeness (QED) is 0.433. The minimum Gasteiger partial charge on any atom is -0.352 e. The van der Waals surface area contributed by atoms with Crippen LogP contribution in [0.1, 0.15) is 50.3 Å². The summed E-state index contributed by atoms with van der Waals surface area (Å²) in [6.07, 6.45) is 2.24. The highest BCUT2D eigenvalue weighted by atomic mass is 79.9. The van der Waals surface area contributed by atoms with Crippen molar-refractivity contribution >= 4 is 43.5 Å². The first-order valence-electron chi connectivity index (χ1n) is 11.8. The van der Waals surface area contributed by atoms with Gasteiger partial charge in [0.15, 0.2) is 0 Å². The summed E-state index contributed by atoms with van der Waals surface area (Å²) in [6.45, 7) is 9.37. The third-order valence-corrected chi connectivity index (χ3v) is 8.00. The summed E-state index contributed by atoms with van der Waals surface area (Å²) in [5, 5.41) is 2.97. The van der Waals surface area contributed by atoms with Gasteiger partial charge in [-0.2, -0.15) is 0 Å². The molecule has 192 valence electrons. The molecule has 0 aliphatic heterocycles. The molecule has 0 aliphatic rings. The van der Waals surface area contributed by atoms with Crippen LogP contribution in [0.25, 0.3) is 0 Å². The van der Waals surface area contributed by atoms with Crippen molar-refractivity contribution in [3.63, 3.8) is 0 Å². The number of hydrogen-bond donors (Lipinski definition) is 1. The van der Waals surface area contributed by atoms with E-state index in [1.54, 1.807) is 18.2 Å². The third-order valence-electron chi connectivity index (χ3n) is 5.97. The predicted octanol–water partition coefficient (Wildman–Crippen LogP) is 4.55. The Balaban J connectivity index is 2.45. The molecule has 2 rings (SSSR count). The van der Waals surface area contributed by atoms with E-state index in [1.165, 1.54) is 4.90 Å². The van der Waals surface area contributed by atoms with Crippen molar-refractivity contribution in [2.75, 3.05) is 17.1 Å². The van der Waals surface area contributed by atoms with Crippen LogP contribution in [-0.4, -0.2) is 50.0 Å². The Morgan fingerprint density at radius 2 is 1.66 bits per heavy atom. The van der Waals surface area contributed by atoms with Crippen molar-refractivity contribution in [2.45, 2.75) is 66.1 Å². The van der Waals surface area contributed by atoms with Crippen molar-refractivity contribution in [2.24, 2.45) is 0 Å². The number of sulfonamides is 1. The second-order valence-electron chi connectivity index (χ2n) is 8.95. The molecule has 0 saturated carbocycles. The Morgan fingerprint density at radius 1 is 1.03 bits per heavy atom. The largest absolute Gasteiger partial charge is 0.352 e. The van der Waals surface area contributed by atoms with Gasteiger partial charge in [-0.25, -0.2) is 8.42 Å². The second kappa shape index (κ2) is 12.5. The average Bonchev–Trinajstić information content (AvgIpc) is 2.79. The lowest BCUT2D eigenvalue weighted by molar-refractivity contribution is -0.140. The molecule has 35 heavy (non-hydrogen) atoms. The van der Waals surface area contributed by atoms with Crippen LogP contribution in [-0.2, 0) is 26.2 Å². The van der Waals surface area contributed by atoms with Crippen LogP contribution in [0.15, 0.2) is 46.9 Å². The first-order valence-corrected chi connectivity index (χ1v) is 14.4. The van der Waals surface area contributed by atoms with Gasteiger partial charge in [-0.1, -0.05) is 59.6 Å². The van der Waals surface area contributed by atoms with Crippen molar-refractivity contribution in [1.82, 2.24) is 10.2 Å². The lowest BCUT2D eigenvalue weighted by atomic mass is 10.1. The van der Waals surface area contributed by atoms with E-state index in [9.17, 15) is 18.0 Å². The molecular weight excluding hydrogens is 530 g/mol. The maximum absolute atomic E-state index is 13.7. The number of carbonyl (C=O) groups is 2. The minimum atomic E-state index is -3.76. The summed E-state index contributed by atoms with van der Waals surface area (Å²) in [4.78, 5) is 28.3. The lowest BCUT2D eigenvalue weighted by Crippen LogP contribution is -2.53. The summed E-state index contributed by atoms with van der Waals surface area (Å²) in [7, 11) is -3.76. The van der Waals surface area contributed by atoms with Gasteiger partial charge < -0.3 is 10.2 Å². The SMILES string of the molecule is CC[C@@H](C)NC(=O)[C@H](CC)N(Cc1ccc(C)cc1)C(=O)CN(c1ccc(Br)c(C)c1)S(C)(=O)=O. The monoisotopic (exact) mass is 565 g/mol. The van der Waals surface area contributed by atoms with Crippen LogP contribution in [0.2, 0.25) is 0 Å². The molecule has 2 atom stereocenters. The fourth-order valence-corrected chi connectivity index (χ4v) is 4.74. The van der Waals surface area contributed by atoms with Gasteiger partial charge in [0.05, 0.1) is 11.9 Å². The van der Waals surface area contributed by atoms with Gasteiger partial charge in [0.2, 0.25) is 21.8 Å². The van der Waals surface area contributed by atoms with Crippen LogP contribution in [0.4, 0.5) is 5.69 Å². The number of halogens is 1. The average molecular weight is 567 g/mol. The van der Waals surface area contributed by atoms with Gasteiger partial charge in [0.1, 0.15) is 12.6 Å². The normalized spacial score (nSPS) is 13.1. The van der Waals surface area contributed by atoms with Crippen LogP contribution in [0.3, 0.4) is 0 Å². The van der Waals surface area contributed by atoms with E-state index >= 15 is 0 Å². The molecule has 9 heteroatoms. The zero-order chi connectivity index (χ0) is 26.3. The number of benzene rings is 2. The van der Waals surface area contributed by atoms with Crippen molar-refractivity contribution in [1.29, 1.82) is 0 Å². The van der Waals surface area contributed by atoms with Crippen molar-refractivity contribution in [3.8, 4) is 0 Å². The molecule has 0 bridgehead atoms.